The van der Waals surface area contributed by atoms with Gasteiger partial charge in [0.1, 0.15) is 5.69 Å². The van der Waals surface area contributed by atoms with E-state index in [2.05, 4.69) is 21.0 Å². The lowest BCUT2D eigenvalue weighted by Gasteiger charge is -2.02. The van der Waals surface area contributed by atoms with E-state index in [4.69, 9.17) is 11.6 Å². The predicted molar refractivity (Wildman–Crippen MR) is 67.7 cm³/mol. The Morgan fingerprint density at radius 2 is 2.24 bits per heavy atom. The van der Waals surface area contributed by atoms with Crippen molar-refractivity contribution < 1.29 is 4.92 Å². The normalized spacial score (nSPS) is 10.5. The van der Waals surface area contributed by atoms with Gasteiger partial charge in [0.2, 0.25) is 5.15 Å². The highest BCUT2D eigenvalue weighted by atomic mass is 79.9. The fraction of sp³-hybridized carbons (Fsp3) is 0.100. The van der Waals surface area contributed by atoms with E-state index in [0.717, 1.165) is 4.47 Å². The predicted octanol–water partition coefficient (Wildman–Crippen LogP) is 3.50. The van der Waals surface area contributed by atoms with E-state index in [1.807, 2.05) is 6.07 Å². The second-order valence-electron chi connectivity index (χ2n) is 3.37. The van der Waals surface area contributed by atoms with Gasteiger partial charge in [0, 0.05) is 4.47 Å². The Balaban J connectivity index is 2.62. The minimum atomic E-state index is -0.529. The van der Waals surface area contributed by atoms with Crippen molar-refractivity contribution in [2.75, 3.05) is 0 Å². The number of halogens is 2. The first-order valence-corrected chi connectivity index (χ1v) is 5.83. The van der Waals surface area contributed by atoms with Gasteiger partial charge in [0.15, 0.2) is 0 Å². The standard InChI is InChI=1S/C10H7BrClN3O2/c1-6-9(15(16)17)10(12)14(13-6)8-4-2-3-7(11)5-8/h2-5H,1H3. The van der Waals surface area contributed by atoms with Crippen LogP contribution < -0.4 is 0 Å². The highest BCUT2D eigenvalue weighted by Gasteiger charge is 2.24. The van der Waals surface area contributed by atoms with Gasteiger partial charge in [-0.2, -0.15) is 5.10 Å². The molecule has 0 aliphatic heterocycles. The SMILES string of the molecule is Cc1nn(-c2cccc(Br)c2)c(Cl)c1[N+](=O)[O-]. The van der Waals surface area contributed by atoms with Crippen molar-refractivity contribution in [2.45, 2.75) is 6.92 Å². The summed E-state index contributed by atoms with van der Waals surface area (Å²) in [5.41, 5.74) is 0.798. The largest absolute Gasteiger partial charge is 0.329 e. The van der Waals surface area contributed by atoms with Crippen LogP contribution in [0, 0.1) is 17.0 Å². The molecule has 0 radical (unpaired) electrons. The van der Waals surface area contributed by atoms with Crippen molar-refractivity contribution in [3.05, 3.63) is 49.7 Å². The zero-order valence-electron chi connectivity index (χ0n) is 8.72. The average molecular weight is 317 g/mol. The van der Waals surface area contributed by atoms with Crippen LogP contribution >= 0.6 is 27.5 Å². The van der Waals surface area contributed by atoms with E-state index in [9.17, 15) is 10.1 Å². The third-order valence-electron chi connectivity index (χ3n) is 2.21. The first-order chi connectivity index (χ1) is 8.00. The van der Waals surface area contributed by atoms with Gasteiger partial charge in [-0.15, -0.1) is 0 Å². The van der Waals surface area contributed by atoms with E-state index >= 15 is 0 Å². The summed E-state index contributed by atoms with van der Waals surface area (Å²) in [6.07, 6.45) is 0. The minimum Gasteiger partial charge on any atom is -0.258 e. The molecule has 1 heterocycles. The van der Waals surface area contributed by atoms with Crippen LogP contribution in [0.15, 0.2) is 28.7 Å². The van der Waals surface area contributed by atoms with Crippen LogP contribution in [0.4, 0.5) is 5.69 Å². The lowest BCUT2D eigenvalue weighted by Crippen LogP contribution is -1.96. The summed E-state index contributed by atoms with van der Waals surface area (Å²) in [5, 5.41) is 14.9. The van der Waals surface area contributed by atoms with Crippen LogP contribution in [-0.2, 0) is 0 Å². The molecular formula is C10H7BrClN3O2. The molecule has 1 aromatic heterocycles. The average Bonchev–Trinajstić information content (AvgIpc) is 2.54. The molecule has 0 saturated heterocycles. The Morgan fingerprint density at radius 1 is 1.53 bits per heavy atom. The van der Waals surface area contributed by atoms with Crippen molar-refractivity contribution in [3.63, 3.8) is 0 Å². The Kier molecular flexibility index (Phi) is 3.17. The van der Waals surface area contributed by atoms with Crippen LogP contribution in [0.5, 0.6) is 0 Å². The molecule has 0 bridgehead atoms. The summed E-state index contributed by atoms with van der Waals surface area (Å²) < 4.78 is 2.20. The van der Waals surface area contributed by atoms with Crippen LogP contribution in [0.3, 0.4) is 0 Å². The van der Waals surface area contributed by atoms with E-state index in [0.29, 0.717) is 11.4 Å². The summed E-state index contributed by atoms with van der Waals surface area (Å²) in [7, 11) is 0. The molecule has 0 fully saturated rings. The number of rotatable bonds is 2. The second kappa shape index (κ2) is 4.46. The summed E-state index contributed by atoms with van der Waals surface area (Å²) >= 11 is 9.28. The molecule has 0 aliphatic rings. The molecule has 0 aliphatic carbocycles. The molecule has 0 unspecified atom stereocenters. The summed E-state index contributed by atoms with van der Waals surface area (Å²) in [4.78, 5) is 10.3. The number of nitrogens with zero attached hydrogens (tertiary/aromatic N) is 3. The van der Waals surface area contributed by atoms with Crippen molar-refractivity contribution >= 4 is 33.2 Å². The van der Waals surface area contributed by atoms with Gasteiger partial charge in [-0.3, -0.25) is 10.1 Å². The van der Waals surface area contributed by atoms with Crippen molar-refractivity contribution in [1.82, 2.24) is 9.78 Å². The number of aryl methyl sites for hydroxylation is 1. The molecule has 0 atom stereocenters. The highest BCUT2D eigenvalue weighted by Crippen LogP contribution is 2.30. The highest BCUT2D eigenvalue weighted by molar-refractivity contribution is 9.10. The molecule has 2 rings (SSSR count). The van der Waals surface area contributed by atoms with Crippen molar-refractivity contribution in [1.29, 1.82) is 0 Å². The summed E-state index contributed by atoms with van der Waals surface area (Å²) in [6, 6.07) is 7.20. The number of hydrogen-bond acceptors (Lipinski definition) is 3. The Morgan fingerprint density at radius 3 is 2.76 bits per heavy atom. The molecule has 7 heteroatoms. The van der Waals surface area contributed by atoms with Gasteiger partial charge in [-0.05, 0) is 25.1 Å². The second-order valence-corrected chi connectivity index (χ2v) is 4.65. The molecule has 88 valence electrons. The molecule has 17 heavy (non-hydrogen) atoms. The minimum absolute atomic E-state index is 0.00519. The smallest absolute Gasteiger partial charge is 0.258 e. The molecule has 2 aromatic rings. The number of benzene rings is 1. The molecule has 1 aromatic carbocycles. The van der Waals surface area contributed by atoms with Crippen molar-refractivity contribution in [3.8, 4) is 5.69 Å². The van der Waals surface area contributed by atoms with Gasteiger partial charge in [0.05, 0.1) is 10.6 Å². The molecule has 0 spiro atoms. The first-order valence-electron chi connectivity index (χ1n) is 4.66. The topological polar surface area (TPSA) is 61.0 Å². The van der Waals surface area contributed by atoms with Crippen LogP contribution in [-0.4, -0.2) is 14.7 Å². The third kappa shape index (κ3) is 2.18. The van der Waals surface area contributed by atoms with Crippen LogP contribution in [0.2, 0.25) is 5.15 Å². The molecule has 0 saturated carbocycles. The molecule has 0 N–H and O–H groups in total. The first kappa shape index (κ1) is 12.1. The maximum atomic E-state index is 10.8. The van der Waals surface area contributed by atoms with E-state index in [-0.39, 0.29) is 10.8 Å². The third-order valence-corrected chi connectivity index (χ3v) is 3.04. The van der Waals surface area contributed by atoms with Gasteiger partial charge >= 0.3 is 5.69 Å². The van der Waals surface area contributed by atoms with Gasteiger partial charge in [-0.25, -0.2) is 4.68 Å². The quantitative estimate of drug-likeness (QED) is 0.629. The van der Waals surface area contributed by atoms with Crippen molar-refractivity contribution in [2.24, 2.45) is 0 Å². The lowest BCUT2D eigenvalue weighted by molar-refractivity contribution is -0.385. The molecular weight excluding hydrogens is 309 g/mol. The monoisotopic (exact) mass is 315 g/mol. The zero-order chi connectivity index (χ0) is 12.6. The maximum absolute atomic E-state index is 10.8. The van der Waals surface area contributed by atoms with E-state index in [1.165, 1.54) is 4.68 Å². The fourth-order valence-corrected chi connectivity index (χ4v) is 2.21. The van der Waals surface area contributed by atoms with Gasteiger partial charge < -0.3 is 0 Å². The van der Waals surface area contributed by atoms with E-state index < -0.39 is 4.92 Å². The summed E-state index contributed by atoms with van der Waals surface area (Å²) in [6.45, 7) is 1.55. The van der Waals surface area contributed by atoms with E-state index in [1.54, 1.807) is 25.1 Å². The maximum Gasteiger partial charge on any atom is 0.329 e. The van der Waals surface area contributed by atoms with Gasteiger partial charge in [0.25, 0.3) is 0 Å². The number of nitro groups is 1. The summed E-state index contributed by atoms with van der Waals surface area (Å²) in [5.74, 6) is 0. The lowest BCUT2D eigenvalue weighted by atomic mass is 10.3. The Hall–Kier alpha value is -1.40. The van der Waals surface area contributed by atoms with Crippen LogP contribution in [0.25, 0.3) is 5.69 Å². The number of aromatic nitrogens is 2. The Labute approximate surface area is 110 Å². The zero-order valence-corrected chi connectivity index (χ0v) is 11.1. The molecule has 5 nitrogen and oxygen atoms in total. The van der Waals surface area contributed by atoms with Crippen LogP contribution in [0.1, 0.15) is 5.69 Å². The van der Waals surface area contributed by atoms with Gasteiger partial charge in [-0.1, -0.05) is 33.6 Å². The Bertz CT molecular complexity index is 597. The fourth-order valence-electron chi connectivity index (χ4n) is 1.48. The molecule has 0 amide bonds. The number of hydrogen-bond donors (Lipinski definition) is 0.